The van der Waals surface area contributed by atoms with Gasteiger partial charge in [-0.25, -0.2) is 0 Å². The van der Waals surface area contributed by atoms with E-state index < -0.39 is 5.91 Å². The van der Waals surface area contributed by atoms with Gasteiger partial charge in [0.05, 0.1) is 21.3 Å². The lowest BCUT2D eigenvalue weighted by atomic mass is 10.2. The van der Waals surface area contributed by atoms with Crippen molar-refractivity contribution in [2.45, 2.75) is 0 Å². The van der Waals surface area contributed by atoms with E-state index in [2.05, 4.69) is 5.32 Å². The van der Waals surface area contributed by atoms with Crippen molar-refractivity contribution in [1.82, 2.24) is 0 Å². The van der Waals surface area contributed by atoms with Crippen LogP contribution in [-0.2, 0) is 0 Å². The fourth-order valence-electron chi connectivity index (χ4n) is 1.38. The molecule has 7 heteroatoms. The second-order valence-corrected chi connectivity index (χ2v) is 5.31. The first kappa shape index (κ1) is 13.7. The molecule has 4 nitrogen and oxygen atoms in total. The number of nitriles is 1. The first-order chi connectivity index (χ1) is 9.02. The smallest absolute Gasteiger partial charge is 0.256 e. The van der Waals surface area contributed by atoms with Gasteiger partial charge >= 0.3 is 0 Å². The van der Waals surface area contributed by atoms with Crippen molar-refractivity contribution in [3.05, 3.63) is 44.8 Å². The molecule has 0 aliphatic heterocycles. The highest BCUT2D eigenvalue weighted by Crippen LogP contribution is 2.30. The van der Waals surface area contributed by atoms with E-state index in [9.17, 15) is 4.79 Å². The predicted molar refractivity (Wildman–Crippen MR) is 77.9 cm³/mol. The van der Waals surface area contributed by atoms with Crippen molar-refractivity contribution in [3.63, 3.8) is 0 Å². The van der Waals surface area contributed by atoms with Gasteiger partial charge in [0, 0.05) is 5.56 Å². The lowest BCUT2D eigenvalue weighted by Gasteiger charge is -2.07. The number of nitrogen functional groups attached to an aromatic ring is 1. The first-order valence-electron chi connectivity index (χ1n) is 5.06. The van der Waals surface area contributed by atoms with E-state index in [0.717, 1.165) is 0 Å². The van der Waals surface area contributed by atoms with Crippen molar-refractivity contribution in [3.8, 4) is 6.07 Å². The summed E-state index contributed by atoms with van der Waals surface area (Å²) in [5, 5.41) is 14.1. The summed E-state index contributed by atoms with van der Waals surface area (Å²) in [5.41, 5.74) is 6.51. The minimum atomic E-state index is -0.400. The number of nitrogens with one attached hydrogen (secondary N) is 1. The van der Waals surface area contributed by atoms with Crippen LogP contribution in [0.3, 0.4) is 0 Å². The summed E-state index contributed by atoms with van der Waals surface area (Å²) in [5.74, 6) is -0.400. The Bertz CT molecular complexity index is 668. The third-order valence-corrected chi connectivity index (χ3v) is 3.81. The number of nitrogens with two attached hydrogens (primary N) is 1. The number of carbonyl (C=O) groups excluding carboxylic acids is 1. The number of thiophene rings is 1. The van der Waals surface area contributed by atoms with Crippen LogP contribution in [0.1, 0.15) is 15.9 Å². The lowest BCUT2D eigenvalue weighted by molar-refractivity contribution is 0.102. The Labute approximate surface area is 123 Å². The van der Waals surface area contributed by atoms with Crippen LogP contribution >= 0.6 is 34.5 Å². The Morgan fingerprint density at radius 1 is 1.37 bits per heavy atom. The minimum Gasteiger partial charge on any atom is -0.396 e. The van der Waals surface area contributed by atoms with Crippen molar-refractivity contribution in [2.24, 2.45) is 0 Å². The van der Waals surface area contributed by atoms with Gasteiger partial charge in [0.2, 0.25) is 0 Å². The Morgan fingerprint density at radius 2 is 2.00 bits per heavy atom. The molecular weight excluding hydrogens is 305 g/mol. The average Bonchev–Trinajstić information content (AvgIpc) is 2.82. The van der Waals surface area contributed by atoms with Gasteiger partial charge in [0.15, 0.2) is 0 Å². The van der Waals surface area contributed by atoms with Crippen molar-refractivity contribution in [2.75, 3.05) is 11.1 Å². The molecular formula is C12H7Cl2N3OS. The highest BCUT2D eigenvalue weighted by atomic mass is 35.5. The molecule has 1 amide bonds. The summed E-state index contributed by atoms with van der Waals surface area (Å²) in [4.78, 5) is 12.0. The van der Waals surface area contributed by atoms with Crippen LogP contribution in [-0.4, -0.2) is 5.91 Å². The van der Waals surface area contributed by atoms with Crippen LogP contribution in [0, 0.1) is 11.3 Å². The SMILES string of the molecule is N#Cc1ccsc1NC(=O)c1cc(Cl)c(N)c(Cl)c1. The monoisotopic (exact) mass is 311 g/mol. The van der Waals surface area contributed by atoms with Gasteiger partial charge in [-0.15, -0.1) is 11.3 Å². The molecule has 0 saturated heterocycles. The van der Waals surface area contributed by atoms with Crippen LogP contribution < -0.4 is 11.1 Å². The molecule has 0 radical (unpaired) electrons. The second-order valence-electron chi connectivity index (χ2n) is 3.58. The van der Waals surface area contributed by atoms with Crippen LogP contribution in [0.4, 0.5) is 10.7 Å². The minimum absolute atomic E-state index is 0.212. The quantitative estimate of drug-likeness (QED) is 0.829. The summed E-state index contributed by atoms with van der Waals surface area (Å²) in [7, 11) is 0. The van der Waals surface area contributed by atoms with Gasteiger partial charge in [-0.1, -0.05) is 23.2 Å². The second kappa shape index (κ2) is 5.49. The first-order valence-corrected chi connectivity index (χ1v) is 6.70. The van der Waals surface area contributed by atoms with Crippen LogP contribution in [0.15, 0.2) is 23.6 Å². The Hall–Kier alpha value is -1.74. The number of rotatable bonds is 2. The summed E-state index contributed by atoms with van der Waals surface area (Å²) in [6.07, 6.45) is 0. The maximum Gasteiger partial charge on any atom is 0.256 e. The maximum atomic E-state index is 12.0. The molecule has 0 atom stereocenters. The van der Waals surface area contributed by atoms with Crippen LogP contribution in [0.25, 0.3) is 0 Å². The molecule has 2 rings (SSSR count). The topological polar surface area (TPSA) is 78.9 Å². The van der Waals surface area contributed by atoms with E-state index in [1.165, 1.54) is 23.5 Å². The molecule has 0 saturated carbocycles. The van der Waals surface area contributed by atoms with Crippen molar-refractivity contribution >= 4 is 51.1 Å². The molecule has 0 fully saturated rings. The number of hydrogen-bond acceptors (Lipinski definition) is 4. The Balaban J connectivity index is 2.29. The Kier molecular flexibility index (Phi) is 3.96. The van der Waals surface area contributed by atoms with Gasteiger partial charge in [-0.05, 0) is 23.6 Å². The maximum absolute atomic E-state index is 12.0. The Morgan fingerprint density at radius 3 is 2.58 bits per heavy atom. The molecule has 0 aliphatic carbocycles. The van der Waals surface area contributed by atoms with E-state index >= 15 is 0 Å². The van der Waals surface area contributed by atoms with E-state index in [1.54, 1.807) is 11.4 Å². The molecule has 0 bridgehead atoms. The molecule has 96 valence electrons. The van der Waals surface area contributed by atoms with Gasteiger partial charge in [0.1, 0.15) is 11.1 Å². The number of halogens is 2. The number of amides is 1. The third-order valence-electron chi connectivity index (χ3n) is 2.35. The molecule has 1 aromatic carbocycles. The zero-order valence-corrected chi connectivity index (χ0v) is 11.7. The fraction of sp³-hybridized carbons (Fsp3) is 0. The van der Waals surface area contributed by atoms with E-state index in [0.29, 0.717) is 10.6 Å². The normalized spacial score (nSPS) is 9.95. The zero-order chi connectivity index (χ0) is 14.0. The van der Waals surface area contributed by atoms with E-state index in [4.69, 9.17) is 34.2 Å². The predicted octanol–water partition coefficient (Wildman–Crippen LogP) is 3.76. The van der Waals surface area contributed by atoms with E-state index in [-0.39, 0.29) is 21.3 Å². The highest BCUT2D eigenvalue weighted by molar-refractivity contribution is 7.14. The number of benzene rings is 1. The molecule has 0 spiro atoms. The van der Waals surface area contributed by atoms with Gasteiger partial charge in [0.25, 0.3) is 5.91 Å². The summed E-state index contributed by atoms with van der Waals surface area (Å²) < 4.78 is 0. The lowest BCUT2D eigenvalue weighted by Crippen LogP contribution is -2.12. The van der Waals surface area contributed by atoms with Crippen LogP contribution in [0.2, 0.25) is 10.0 Å². The molecule has 3 N–H and O–H groups in total. The van der Waals surface area contributed by atoms with Gasteiger partial charge in [-0.2, -0.15) is 5.26 Å². The molecule has 0 aliphatic rings. The summed E-state index contributed by atoms with van der Waals surface area (Å²) in [6, 6.07) is 6.47. The molecule has 0 unspecified atom stereocenters. The number of anilines is 2. The standard InChI is InChI=1S/C12H7Cl2N3OS/c13-8-3-7(4-9(14)10(8)16)11(18)17-12-6(5-15)1-2-19-12/h1-4H,16H2,(H,17,18). The average molecular weight is 312 g/mol. The number of hydrogen-bond donors (Lipinski definition) is 2. The van der Waals surface area contributed by atoms with Crippen LogP contribution in [0.5, 0.6) is 0 Å². The van der Waals surface area contributed by atoms with Gasteiger partial charge in [-0.3, -0.25) is 4.79 Å². The van der Waals surface area contributed by atoms with Crippen molar-refractivity contribution in [1.29, 1.82) is 5.26 Å². The molecule has 19 heavy (non-hydrogen) atoms. The van der Waals surface area contributed by atoms with Crippen molar-refractivity contribution < 1.29 is 4.79 Å². The largest absolute Gasteiger partial charge is 0.396 e. The summed E-state index contributed by atoms with van der Waals surface area (Å²) in [6.45, 7) is 0. The number of nitrogens with zero attached hydrogens (tertiary/aromatic N) is 1. The molecule has 1 aromatic heterocycles. The summed E-state index contributed by atoms with van der Waals surface area (Å²) >= 11 is 13.0. The highest BCUT2D eigenvalue weighted by Gasteiger charge is 2.13. The van der Waals surface area contributed by atoms with E-state index in [1.807, 2.05) is 6.07 Å². The zero-order valence-electron chi connectivity index (χ0n) is 9.41. The third kappa shape index (κ3) is 2.82. The van der Waals surface area contributed by atoms with Gasteiger partial charge < -0.3 is 11.1 Å². The number of carbonyl (C=O) groups is 1. The fourth-order valence-corrected chi connectivity index (χ4v) is 2.60. The molecule has 1 heterocycles. The molecule has 2 aromatic rings.